The number of benzene rings is 8. The first-order valence-corrected chi connectivity index (χ1v) is 33.2. The molecule has 4 unspecified atom stereocenters. The van der Waals surface area contributed by atoms with Crippen LogP contribution in [0.2, 0.25) is 0 Å². The average molecular weight is 1210 g/mol. The molecule has 12 heteroatoms. The third kappa shape index (κ3) is 12.6. The fourth-order valence-electron chi connectivity index (χ4n) is 15.4. The Labute approximate surface area is 528 Å². The molecule has 5 aliphatic carbocycles. The van der Waals surface area contributed by atoms with E-state index in [0.29, 0.717) is 85.1 Å². The number of fused-ring (bicyclic) bond motifs is 8. The molecular weight excluding hydrogens is 1130 g/mol. The summed E-state index contributed by atoms with van der Waals surface area (Å²) >= 11 is 0. The van der Waals surface area contributed by atoms with Gasteiger partial charge in [0.15, 0.2) is 0 Å². The second-order valence-electron chi connectivity index (χ2n) is 26.1. The van der Waals surface area contributed by atoms with Gasteiger partial charge >= 0.3 is 0 Å². The summed E-state index contributed by atoms with van der Waals surface area (Å²) in [6, 6.07) is 41.0. The van der Waals surface area contributed by atoms with Crippen molar-refractivity contribution in [3.8, 4) is 69.0 Å². The molecule has 468 valence electrons. The van der Waals surface area contributed by atoms with E-state index in [1.165, 1.54) is 0 Å². The van der Waals surface area contributed by atoms with Crippen LogP contribution in [0.25, 0.3) is 0 Å². The predicted molar refractivity (Wildman–Crippen MR) is 348 cm³/mol. The fourth-order valence-corrected chi connectivity index (χ4v) is 15.4. The van der Waals surface area contributed by atoms with Crippen LogP contribution in [0.4, 0.5) is 0 Å². The third-order valence-electron chi connectivity index (χ3n) is 20.0. The molecule has 0 aromatic heterocycles. The van der Waals surface area contributed by atoms with Crippen LogP contribution in [-0.2, 0) is 6.42 Å². The van der Waals surface area contributed by atoms with Crippen molar-refractivity contribution in [2.24, 2.45) is 0 Å². The standard InChI is InChI=1S/C78H84O12/c1-2-46-37-53(82)35-36-58(46)78-62-41-65(73(45-70(62)86)89-56-19-11-5-12-20-56)77(49-27-33-52(81)34-28-49)64-39-60(68(84)43-72(64)88-55-17-9-4-10-18-55)75(47-23-29-50(79)30-24-47)59-38-63(71(42-67(59)83)87-54-15-7-3-8-16-54)76(48-25-31-51(80)32-26-48)61-40-66(78)74(44-69(61)85)90-57-21-13-6-14-22-57/h23-45,54-57,75-86H,2-22H2,1H3. The molecule has 4 atom stereocenters. The first kappa shape index (κ1) is 60.3. The van der Waals surface area contributed by atoms with Crippen LogP contribution in [-0.4, -0.2) is 65.3 Å². The Morgan fingerprint density at radius 1 is 0.267 bits per heavy atom. The smallest absolute Gasteiger partial charge is 0.127 e. The lowest BCUT2D eigenvalue weighted by atomic mass is 9.74. The predicted octanol–water partition coefficient (Wildman–Crippen LogP) is 17.8. The second-order valence-corrected chi connectivity index (χ2v) is 26.1. The minimum Gasteiger partial charge on any atom is -0.508 e. The van der Waals surface area contributed by atoms with Gasteiger partial charge in [0, 0.05) is 92.4 Å². The molecule has 8 bridgehead atoms. The van der Waals surface area contributed by atoms with Crippen molar-refractivity contribution in [1.82, 2.24) is 0 Å². The highest BCUT2D eigenvalue weighted by atomic mass is 16.5. The Morgan fingerprint density at radius 3 is 0.822 bits per heavy atom. The molecule has 0 amide bonds. The number of aryl methyl sites for hydroxylation is 1. The van der Waals surface area contributed by atoms with E-state index in [0.717, 1.165) is 145 Å². The largest absolute Gasteiger partial charge is 0.508 e. The Kier molecular flexibility index (Phi) is 17.7. The first-order chi connectivity index (χ1) is 43.8. The van der Waals surface area contributed by atoms with Crippen molar-refractivity contribution in [2.75, 3.05) is 0 Å². The Morgan fingerprint density at radius 2 is 0.522 bits per heavy atom. The Bertz CT molecular complexity index is 3810. The minimum absolute atomic E-state index is 0.0292. The molecule has 8 aromatic carbocycles. The van der Waals surface area contributed by atoms with Gasteiger partial charge in [0.05, 0.1) is 24.4 Å². The number of aromatic hydroxyl groups is 8. The maximum absolute atomic E-state index is 13.4. The highest BCUT2D eigenvalue weighted by Crippen LogP contribution is 2.56. The first-order valence-electron chi connectivity index (χ1n) is 33.2. The number of hydrogen-bond acceptors (Lipinski definition) is 12. The molecule has 0 aliphatic heterocycles. The molecule has 8 N–H and O–H groups in total. The molecule has 4 fully saturated rings. The van der Waals surface area contributed by atoms with Crippen LogP contribution in [0.5, 0.6) is 69.0 Å². The minimum atomic E-state index is -0.945. The lowest BCUT2D eigenvalue weighted by Gasteiger charge is -2.34. The van der Waals surface area contributed by atoms with E-state index < -0.39 is 23.7 Å². The van der Waals surface area contributed by atoms with Crippen molar-refractivity contribution in [1.29, 1.82) is 0 Å². The van der Waals surface area contributed by atoms with Gasteiger partial charge in [-0.3, -0.25) is 0 Å². The van der Waals surface area contributed by atoms with Gasteiger partial charge in [0.1, 0.15) is 69.0 Å². The van der Waals surface area contributed by atoms with E-state index in [1.807, 2.05) is 61.5 Å². The topological polar surface area (TPSA) is 199 Å². The summed E-state index contributed by atoms with van der Waals surface area (Å²) < 4.78 is 29.1. The van der Waals surface area contributed by atoms with Gasteiger partial charge in [-0.05, 0) is 210 Å². The highest BCUT2D eigenvalue weighted by Gasteiger charge is 2.38. The maximum atomic E-state index is 13.4. The van der Waals surface area contributed by atoms with E-state index >= 15 is 0 Å². The zero-order valence-corrected chi connectivity index (χ0v) is 51.5. The van der Waals surface area contributed by atoms with Crippen molar-refractivity contribution in [3.05, 3.63) is 212 Å². The quantitative estimate of drug-likeness (QED) is 0.0544. The molecular formula is C78H84O12. The van der Waals surface area contributed by atoms with Crippen LogP contribution in [0, 0.1) is 0 Å². The molecule has 0 radical (unpaired) electrons. The van der Waals surface area contributed by atoms with Gasteiger partial charge in [-0.25, -0.2) is 0 Å². The molecule has 13 rings (SSSR count). The zero-order chi connectivity index (χ0) is 62.0. The van der Waals surface area contributed by atoms with Crippen LogP contribution >= 0.6 is 0 Å². The Balaban J connectivity index is 1.21. The van der Waals surface area contributed by atoms with Crippen molar-refractivity contribution in [2.45, 2.75) is 190 Å². The summed E-state index contributed by atoms with van der Waals surface area (Å²) in [7, 11) is 0. The number of ether oxygens (including phenoxy) is 4. The third-order valence-corrected chi connectivity index (χ3v) is 20.0. The number of phenolic OH excluding ortho intramolecular Hbond substituents is 8. The van der Waals surface area contributed by atoms with Crippen LogP contribution in [0.1, 0.15) is 231 Å². The van der Waals surface area contributed by atoms with E-state index in [1.54, 1.807) is 84.9 Å². The van der Waals surface area contributed by atoms with Gasteiger partial charge in [-0.2, -0.15) is 0 Å². The van der Waals surface area contributed by atoms with Gasteiger partial charge in [-0.1, -0.05) is 75.1 Å². The van der Waals surface area contributed by atoms with E-state index in [4.69, 9.17) is 18.9 Å². The normalized spacial score (nSPS) is 20.3. The lowest BCUT2D eigenvalue weighted by molar-refractivity contribution is 0.151. The molecule has 90 heavy (non-hydrogen) atoms. The van der Waals surface area contributed by atoms with Gasteiger partial charge < -0.3 is 59.8 Å². The van der Waals surface area contributed by atoms with Crippen molar-refractivity contribution in [3.63, 3.8) is 0 Å². The van der Waals surface area contributed by atoms with E-state index in [-0.39, 0.29) is 70.4 Å². The molecule has 5 aliphatic rings. The van der Waals surface area contributed by atoms with Gasteiger partial charge in [0.2, 0.25) is 0 Å². The highest BCUT2D eigenvalue weighted by molar-refractivity contribution is 5.68. The summed E-state index contributed by atoms with van der Waals surface area (Å²) in [6.07, 6.45) is 18.3. The SMILES string of the molecule is CCc1cc(O)ccc1C1c2cc(c(OC3CCCCC3)cc2O)C(c2ccc(O)cc2)c2cc(c(O)cc2OC2CCCCC2)C(c2ccc(O)cc2)c2cc(c(OC3CCCCC3)cc2O)C(c2ccc(O)cc2)c2cc1c(OC1CCCCC1)cc2O. The summed E-state index contributed by atoms with van der Waals surface area (Å²) in [5, 5.41) is 97.4. The number of hydrogen-bond donors (Lipinski definition) is 8. The second kappa shape index (κ2) is 26.4. The molecule has 0 saturated heterocycles. The number of rotatable bonds is 13. The average Bonchev–Trinajstić information content (AvgIpc) is 0.752. The lowest BCUT2D eigenvalue weighted by Crippen LogP contribution is -2.23. The fraction of sp³-hybridized carbons (Fsp3) is 0.385. The van der Waals surface area contributed by atoms with E-state index in [9.17, 15) is 40.9 Å². The van der Waals surface area contributed by atoms with Gasteiger partial charge in [0.25, 0.3) is 0 Å². The van der Waals surface area contributed by atoms with Crippen LogP contribution in [0.15, 0.2) is 140 Å². The summed E-state index contributed by atoms with van der Waals surface area (Å²) in [5.74, 6) is -1.88. The molecule has 12 nitrogen and oxygen atoms in total. The molecule has 0 heterocycles. The zero-order valence-electron chi connectivity index (χ0n) is 51.5. The van der Waals surface area contributed by atoms with Crippen molar-refractivity contribution < 1.29 is 59.8 Å². The number of phenols is 8. The summed E-state index contributed by atoms with van der Waals surface area (Å²) in [5.41, 5.74) is 7.95. The summed E-state index contributed by atoms with van der Waals surface area (Å²) in [6.45, 7) is 2.04. The van der Waals surface area contributed by atoms with Crippen LogP contribution < -0.4 is 18.9 Å². The monoisotopic (exact) mass is 1210 g/mol. The molecule has 8 aromatic rings. The van der Waals surface area contributed by atoms with E-state index in [2.05, 4.69) is 0 Å². The molecule has 4 saturated carbocycles. The molecule has 0 spiro atoms. The summed E-state index contributed by atoms with van der Waals surface area (Å²) in [4.78, 5) is 0. The Hall–Kier alpha value is -8.64. The van der Waals surface area contributed by atoms with Crippen LogP contribution in [0.3, 0.4) is 0 Å². The maximum Gasteiger partial charge on any atom is 0.127 e. The van der Waals surface area contributed by atoms with Crippen molar-refractivity contribution >= 4 is 0 Å². The van der Waals surface area contributed by atoms with Gasteiger partial charge in [-0.15, -0.1) is 0 Å².